The minimum atomic E-state index is 0.456. The van der Waals surface area contributed by atoms with Crippen LogP contribution in [-0.2, 0) is 19.3 Å². The molecule has 0 aliphatic rings. The first-order valence-corrected chi connectivity index (χ1v) is 9.53. The fourth-order valence-corrected chi connectivity index (χ4v) is 3.86. The first-order chi connectivity index (χ1) is 12.3. The van der Waals surface area contributed by atoms with E-state index in [1.807, 2.05) is 0 Å². The van der Waals surface area contributed by atoms with Crippen molar-refractivity contribution in [1.29, 1.82) is 0 Å². The number of hydrogen-bond donors (Lipinski definition) is 0. The Morgan fingerprint density at radius 2 is 1.08 bits per heavy atom. The third kappa shape index (κ3) is 4.20. The molecule has 0 heterocycles. The first kappa shape index (κ1) is 17.5. The Kier molecular flexibility index (Phi) is 6.06. The van der Waals surface area contributed by atoms with Gasteiger partial charge < -0.3 is 0 Å². The van der Waals surface area contributed by atoms with Crippen LogP contribution in [0.1, 0.15) is 54.0 Å². The summed E-state index contributed by atoms with van der Waals surface area (Å²) in [4.78, 5) is 0. The van der Waals surface area contributed by atoms with Crippen LogP contribution in [0.2, 0.25) is 0 Å². The highest BCUT2D eigenvalue weighted by Gasteiger charge is 2.15. The van der Waals surface area contributed by atoms with Gasteiger partial charge in [0.2, 0.25) is 0 Å². The molecule has 0 amide bonds. The molecule has 25 heavy (non-hydrogen) atoms. The van der Waals surface area contributed by atoms with Crippen LogP contribution in [-0.4, -0.2) is 0 Å². The van der Waals surface area contributed by atoms with Crippen LogP contribution in [0.5, 0.6) is 0 Å². The maximum atomic E-state index is 2.30. The van der Waals surface area contributed by atoms with Crippen LogP contribution in [0.3, 0.4) is 0 Å². The zero-order valence-corrected chi connectivity index (χ0v) is 15.4. The molecule has 0 aromatic heterocycles. The van der Waals surface area contributed by atoms with Crippen molar-refractivity contribution >= 4 is 0 Å². The highest BCUT2D eigenvalue weighted by molar-refractivity contribution is 5.37. The van der Waals surface area contributed by atoms with Crippen molar-refractivity contribution in [3.63, 3.8) is 0 Å². The van der Waals surface area contributed by atoms with Crippen LogP contribution in [0.4, 0.5) is 0 Å². The quantitative estimate of drug-likeness (QED) is 0.460. The summed E-state index contributed by atoms with van der Waals surface area (Å²) in [5, 5.41) is 0. The Balaban J connectivity index is 1.90. The van der Waals surface area contributed by atoms with E-state index in [0.29, 0.717) is 5.92 Å². The Morgan fingerprint density at radius 1 is 0.600 bits per heavy atom. The summed E-state index contributed by atoms with van der Waals surface area (Å²) in [6.07, 6.45) is 4.52. The average molecular weight is 328 g/mol. The van der Waals surface area contributed by atoms with Gasteiger partial charge in [-0.2, -0.15) is 0 Å². The van der Waals surface area contributed by atoms with E-state index in [1.165, 1.54) is 22.3 Å². The molecule has 0 aliphatic carbocycles. The lowest BCUT2D eigenvalue weighted by Gasteiger charge is -2.20. The minimum absolute atomic E-state index is 0.456. The summed E-state index contributed by atoms with van der Waals surface area (Å²) in [5.41, 5.74) is 7.43. The van der Waals surface area contributed by atoms with Gasteiger partial charge in [0.05, 0.1) is 0 Å². The summed E-state index contributed by atoms with van der Waals surface area (Å²) in [6, 6.07) is 28.7. The molecule has 0 unspecified atom stereocenters. The van der Waals surface area contributed by atoms with Gasteiger partial charge in [-0.3, -0.25) is 0 Å². The minimum Gasteiger partial charge on any atom is -0.0622 e. The lowest BCUT2D eigenvalue weighted by atomic mass is 9.84. The molecule has 128 valence electrons. The molecule has 0 aliphatic heterocycles. The van der Waals surface area contributed by atoms with Crippen molar-refractivity contribution in [2.45, 2.75) is 45.4 Å². The van der Waals surface area contributed by atoms with Crippen LogP contribution >= 0.6 is 0 Å². The van der Waals surface area contributed by atoms with Gasteiger partial charge in [-0.05, 0) is 53.5 Å². The molecule has 0 spiro atoms. The predicted molar refractivity (Wildman–Crippen MR) is 108 cm³/mol. The monoisotopic (exact) mass is 328 g/mol. The number of benzene rings is 3. The molecule has 3 rings (SSSR count). The van der Waals surface area contributed by atoms with E-state index in [9.17, 15) is 0 Å². The van der Waals surface area contributed by atoms with Gasteiger partial charge in [0.1, 0.15) is 0 Å². The Hall–Kier alpha value is -2.34. The van der Waals surface area contributed by atoms with Gasteiger partial charge in [-0.15, -0.1) is 0 Å². The van der Waals surface area contributed by atoms with Crippen LogP contribution in [0.25, 0.3) is 0 Å². The molecule has 0 bridgehead atoms. The van der Waals surface area contributed by atoms with Crippen molar-refractivity contribution in [2.24, 2.45) is 0 Å². The fraction of sp³-hybridized carbons (Fsp3) is 0.280. The summed E-state index contributed by atoms with van der Waals surface area (Å²) < 4.78 is 0. The van der Waals surface area contributed by atoms with E-state index in [1.54, 1.807) is 5.56 Å². The van der Waals surface area contributed by atoms with Crippen molar-refractivity contribution in [3.05, 3.63) is 107 Å². The molecule has 0 saturated carbocycles. The summed E-state index contributed by atoms with van der Waals surface area (Å²) in [7, 11) is 0. The lowest BCUT2D eigenvalue weighted by molar-refractivity contribution is 0.706. The smallest absolute Gasteiger partial charge is 0.00925 e. The summed E-state index contributed by atoms with van der Waals surface area (Å²) in [5.74, 6) is 0.456. The number of hydrogen-bond acceptors (Lipinski definition) is 0. The molecule has 0 fully saturated rings. The van der Waals surface area contributed by atoms with Crippen molar-refractivity contribution in [2.75, 3.05) is 0 Å². The van der Waals surface area contributed by atoms with Gasteiger partial charge in [0.15, 0.2) is 0 Å². The number of rotatable bonds is 7. The highest BCUT2D eigenvalue weighted by atomic mass is 14.2. The first-order valence-electron chi connectivity index (χ1n) is 9.53. The zero-order valence-electron chi connectivity index (χ0n) is 15.4. The van der Waals surface area contributed by atoms with E-state index < -0.39 is 0 Å². The standard InChI is InChI=1S/C25H28/c1-3-20-16-11-17-21(4-2)24(20)18-19-25(22-12-7-5-8-13-22)23-14-9-6-10-15-23/h5-17,25H,3-4,18-19H2,1-2H3. The highest BCUT2D eigenvalue weighted by Crippen LogP contribution is 2.30. The summed E-state index contributed by atoms with van der Waals surface area (Å²) >= 11 is 0. The van der Waals surface area contributed by atoms with Gasteiger partial charge >= 0.3 is 0 Å². The van der Waals surface area contributed by atoms with Crippen molar-refractivity contribution in [3.8, 4) is 0 Å². The van der Waals surface area contributed by atoms with E-state index in [0.717, 1.165) is 25.7 Å². The molecular formula is C25H28. The Labute approximate surface area is 152 Å². The van der Waals surface area contributed by atoms with Crippen molar-refractivity contribution < 1.29 is 0 Å². The van der Waals surface area contributed by atoms with Crippen LogP contribution < -0.4 is 0 Å². The van der Waals surface area contributed by atoms with E-state index in [-0.39, 0.29) is 0 Å². The van der Waals surface area contributed by atoms with E-state index in [4.69, 9.17) is 0 Å². The van der Waals surface area contributed by atoms with Crippen molar-refractivity contribution in [1.82, 2.24) is 0 Å². The largest absolute Gasteiger partial charge is 0.0622 e. The van der Waals surface area contributed by atoms with Gasteiger partial charge in [0.25, 0.3) is 0 Å². The second-order valence-electron chi connectivity index (χ2n) is 6.67. The predicted octanol–water partition coefficient (Wildman–Crippen LogP) is 6.58. The number of aryl methyl sites for hydroxylation is 2. The molecule has 3 aromatic rings. The SMILES string of the molecule is CCc1cccc(CC)c1CCC(c1ccccc1)c1ccccc1. The molecule has 0 N–H and O–H groups in total. The molecule has 3 aromatic carbocycles. The Morgan fingerprint density at radius 3 is 1.52 bits per heavy atom. The molecule has 0 nitrogen and oxygen atoms in total. The molecule has 0 atom stereocenters. The van der Waals surface area contributed by atoms with E-state index >= 15 is 0 Å². The van der Waals surface area contributed by atoms with Gasteiger partial charge in [-0.25, -0.2) is 0 Å². The maximum absolute atomic E-state index is 2.30. The Bertz CT molecular complexity index is 710. The lowest BCUT2D eigenvalue weighted by Crippen LogP contribution is -2.06. The van der Waals surface area contributed by atoms with Crippen LogP contribution in [0.15, 0.2) is 78.9 Å². The fourth-order valence-electron chi connectivity index (χ4n) is 3.86. The zero-order chi connectivity index (χ0) is 17.5. The molecule has 0 saturated heterocycles. The topological polar surface area (TPSA) is 0 Å². The van der Waals surface area contributed by atoms with Gasteiger partial charge in [-0.1, -0.05) is 92.7 Å². The normalized spacial score (nSPS) is 11.0. The average Bonchev–Trinajstić information content (AvgIpc) is 2.69. The third-order valence-electron chi connectivity index (χ3n) is 5.22. The molecular weight excluding hydrogens is 300 g/mol. The summed E-state index contributed by atoms with van der Waals surface area (Å²) in [6.45, 7) is 4.54. The molecule has 0 radical (unpaired) electrons. The molecule has 0 heteroatoms. The van der Waals surface area contributed by atoms with E-state index in [2.05, 4.69) is 92.7 Å². The van der Waals surface area contributed by atoms with Gasteiger partial charge in [0, 0.05) is 5.92 Å². The maximum Gasteiger partial charge on any atom is 0.00925 e. The second-order valence-corrected chi connectivity index (χ2v) is 6.67. The third-order valence-corrected chi connectivity index (χ3v) is 5.22. The van der Waals surface area contributed by atoms with Crippen LogP contribution in [0, 0.1) is 0 Å². The second kappa shape index (κ2) is 8.67.